The minimum Gasteiger partial charge on any atom is -0.455 e. The first-order valence-corrected chi connectivity index (χ1v) is 19.0. The predicted octanol–water partition coefficient (Wildman–Crippen LogP) is 5.15. The molecule has 2 aromatic carbocycles. The highest BCUT2D eigenvalue weighted by atomic mass is 79.9. The third-order valence-electron chi connectivity index (χ3n) is 10.1. The summed E-state index contributed by atoms with van der Waals surface area (Å²) in [6, 6.07) is 14.1. The number of halogens is 2. The number of aliphatic hydroxyl groups excluding tert-OH is 1. The van der Waals surface area contributed by atoms with Crippen LogP contribution in [-0.4, -0.2) is 95.7 Å². The molecule has 0 radical (unpaired) electrons. The highest BCUT2D eigenvalue weighted by Gasteiger charge is 2.77. The summed E-state index contributed by atoms with van der Waals surface area (Å²) in [6.07, 6.45) is 4.27. The van der Waals surface area contributed by atoms with E-state index in [0.29, 0.717) is 48.4 Å². The van der Waals surface area contributed by atoms with Crippen LogP contribution < -0.4 is 10.2 Å². The number of hydrogen-bond donors (Lipinski definition) is 2. The van der Waals surface area contributed by atoms with Crippen molar-refractivity contribution >= 4 is 56.9 Å². The van der Waals surface area contributed by atoms with Gasteiger partial charge in [0.1, 0.15) is 17.7 Å². The van der Waals surface area contributed by atoms with Gasteiger partial charge < -0.3 is 34.4 Å². The van der Waals surface area contributed by atoms with Crippen molar-refractivity contribution in [3.63, 3.8) is 0 Å². The quantitative estimate of drug-likeness (QED) is 0.0863. The number of benzene rings is 2. The van der Waals surface area contributed by atoms with Gasteiger partial charge in [-0.15, -0.1) is 13.2 Å². The van der Waals surface area contributed by atoms with E-state index in [1.807, 2.05) is 18.2 Å². The summed E-state index contributed by atoms with van der Waals surface area (Å²) in [5.41, 5.74) is -0.117. The molecule has 11 nitrogen and oxygen atoms in total. The summed E-state index contributed by atoms with van der Waals surface area (Å²) >= 11 is 9.91. The maximum absolute atomic E-state index is 14.8. The number of carbonyl (C=O) groups excluding carboxylic acids is 4. The molecule has 3 heterocycles. The van der Waals surface area contributed by atoms with Gasteiger partial charge >= 0.3 is 5.97 Å². The number of unbranched alkanes of at least 4 members (excludes halogenated alkanes) is 2. The minimum absolute atomic E-state index is 0.0118. The summed E-state index contributed by atoms with van der Waals surface area (Å²) in [6.45, 7) is 8.01. The number of alkyl halides is 1. The number of likely N-dealkylation sites (tertiary alicyclic amines) is 1. The largest absolute Gasteiger partial charge is 0.455 e. The fourth-order valence-electron chi connectivity index (χ4n) is 7.84. The van der Waals surface area contributed by atoms with Gasteiger partial charge in [-0.05, 0) is 61.9 Å². The lowest BCUT2D eigenvalue weighted by molar-refractivity contribution is -0.163. The van der Waals surface area contributed by atoms with Gasteiger partial charge in [0.15, 0.2) is 0 Å². The molecule has 13 heteroatoms. The Bertz CT molecular complexity index is 1600. The molecule has 0 aliphatic carbocycles. The van der Waals surface area contributed by atoms with Crippen LogP contribution in [0.2, 0.25) is 5.02 Å². The van der Waals surface area contributed by atoms with Gasteiger partial charge in [-0.3, -0.25) is 19.2 Å². The van der Waals surface area contributed by atoms with Crippen molar-refractivity contribution < 1.29 is 38.5 Å². The molecule has 1 unspecified atom stereocenters. The van der Waals surface area contributed by atoms with Crippen LogP contribution in [0, 0.1) is 11.8 Å². The molecule has 8 atom stereocenters. The van der Waals surface area contributed by atoms with E-state index in [2.05, 4.69) is 34.4 Å². The van der Waals surface area contributed by atoms with Crippen molar-refractivity contribution in [2.24, 2.45) is 11.8 Å². The number of rotatable bonds is 19. The van der Waals surface area contributed by atoms with Gasteiger partial charge in [-0.1, -0.05) is 70.0 Å². The highest BCUT2D eigenvalue weighted by Crippen LogP contribution is 2.60. The van der Waals surface area contributed by atoms with Crippen molar-refractivity contribution in [1.82, 2.24) is 10.2 Å². The van der Waals surface area contributed by atoms with Crippen molar-refractivity contribution in [3.8, 4) is 0 Å². The number of methoxy groups -OCH3 is 1. The van der Waals surface area contributed by atoms with E-state index in [0.717, 1.165) is 0 Å². The maximum atomic E-state index is 14.8. The first-order valence-electron chi connectivity index (χ1n) is 17.7. The second kappa shape index (κ2) is 18.0. The summed E-state index contributed by atoms with van der Waals surface area (Å²) in [5.74, 6) is -3.69. The Morgan fingerprint density at radius 2 is 1.87 bits per heavy atom. The van der Waals surface area contributed by atoms with Gasteiger partial charge in [-0.25, -0.2) is 0 Å². The van der Waals surface area contributed by atoms with E-state index >= 15 is 0 Å². The molecule has 3 amide bonds. The number of aliphatic hydroxyl groups is 1. The second-order valence-corrected chi connectivity index (χ2v) is 15.0. The number of ether oxygens (including phenoxy) is 3. The Hall–Kier alpha value is -3.55. The molecular formula is C39H47BrClN3O8. The summed E-state index contributed by atoms with van der Waals surface area (Å²) in [5, 5.41) is 12.9. The molecule has 3 saturated heterocycles. The molecule has 5 rings (SSSR count). The zero-order chi connectivity index (χ0) is 37.4. The van der Waals surface area contributed by atoms with E-state index < -0.39 is 47.7 Å². The molecule has 52 heavy (non-hydrogen) atoms. The van der Waals surface area contributed by atoms with Gasteiger partial charge in [-0.2, -0.15) is 0 Å². The van der Waals surface area contributed by atoms with Crippen LogP contribution in [0.15, 0.2) is 79.9 Å². The number of nitrogens with zero attached hydrogens (tertiary/aromatic N) is 2. The number of amides is 3. The van der Waals surface area contributed by atoms with Crippen LogP contribution >= 0.6 is 27.5 Å². The lowest BCUT2D eigenvalue weighted by Crippen LogP contribution is -2.57. The SMILES string of the molecule is C=CCCC(=O)N[C@H](COC)[C@H](OC(=O)[C@H]1[C@@H]2O[C@@]3(CC2Br)[C@@H]1C(=O)N(CCCCCO)[C@@H]3C(=O)N(CC=C)c1ccc(Cl)cc1)c1ccccc1. The standard InChI is InChI=1S/C39H47BrClN3O8/c1-4-6-15-30(46)42-29(24-50-3)33(25-13-9-7-10-14-25)51-38(49)31-32-36(47)44(21-11-8-12-22-45)35(39(32)23-28(40)34(31)52-39)37(48)43(20-5-2)27-18-16-26(41)17-19-27/h4-5,7,9-10,13-14,16-19,28-29,31-35,45H,1-2,6,8,11-12,15,20-24H2,3H3,(H,42,46)/t28?,29-,31-,32+,33-,34-,35-,39+/m1/s1. The van der Waals surface area contributed by atoms with E-state index in [9.17, 15) is 24.3 Å². The van der Waals surface area contributed by atoms with E-state index in [4.69, 9.17) is 25.8 Å². The molecule has 3 aliphatic heterocycles. The fourth-order valence-corrected chi connectivity index (χ4v) is 8.90. The van der Waals surface area contributed by atoms with Crippen LogP contribution in [0.25, 0.3) is 0 Å². The number of anilines is 1. The Morgan fingerprint density at radius 3 is 2.52 bits per heavy atom. The number of hydrogen-bond acceptors (Lipinski definition) is 8. The molecule has 0 aromatic heterocycles. The first-order chi connectivity index (χ1) is 25.1. The highest BCUT2D eigenvalue weighted by molar-refractivity contribution is 9.09. The minimum atomic E-state index is -1.33. The molecule has 1 spiro atoms. The van der Waals surface area contributed by atoms with Crippen LogP contribution in [0.1, 0.15) is 50.2 Å². The molecule has 0 saturated carbocycles. The van der Waals surface area contributed by atoms with Crippen molar-refractivity contribution in [2.45, 2.75) is 73.2 Å². The zero-order valence-electron chi connectivity index (χ0n) is 29.3. The average molecular weight is 801 g/mol. The number of nitrogens with one attached hydrogen (secondary N) is 1. The molecule has 2 N–H and O–H groups in total. The van der Waals surface area contributed by atoms with E-state index in [1.165, 1.54) is 7.11 Å². The van der Waals surface area contributed by atoms with Gasteiger partial charge in [0.2, 0.25) is 11.8 Å². The topological polar surface area (TPSA) is 135 Å². The fraction of sp³-hybridized carbons (Fsp3) is 0.487. The second-order valence-electron chi connectivity index (χ2n) is 13.4. The van der Waals surface area contributed by atoms with Crippen LogP contribution in [0.3, 0.4) is 0 Å². The average Bonchev–Trinajstić information content (AvgIpc) is 3.73. The normalized spacial score (nSPS) is 25.7. The van der Waals surface area contributed by atoms with Gasteiger partial charge in [0, 0.05) is 48.8 Å². The third-order valence-corrected chi connectivity index (χ3v) is 11.2. The van der Waals surface area contributed by atoms with Gasteiger partial charge in [0.25, 0.3) is 5.91 Å². The van der Waals surface area contributed by atoms with Crippen molar-refractivity contribution in [1.29, 1.82) is 0 Å². The Morgan fingerprint density at radius 1 is 1.13 bits per heavy atom. The van der Waals surface area contributed by atoms with Crippen LogP contribution in [-0.2, 0) is 33.4 Å². The van der Waals surface area contributed by atoms with Crippen LogP contribution in [0.4, 0.5) is 5.69 Å². The Balaban J connectivity index is 1.51. The number of carbonyl (C=O) groups is 4. The Kier molecular flexibility index (Phi) is 13.7. The predicted molar refractivity (Wildman–Crippen MR) is 201 cm³/mol. The lowest BCUT2D eigenvalue weighted by atomic mass is 9.70. The summed E-state index contributed by atoms with van der Waals surface area (Å²) in [4.78, 5) is 59.7. The smallest absolute Gasteiger partial charge is 0.313 e. The van der Waals surface area contributed by atoms with E-state index in [-0.39, 0.29) is 55.3 Å². The third kappa shape index (κ3) is 8.16. The molecule has 280 valence electrons. The Labute approximate surface area is 318 Å². The maximum Gasteiger partial charge on any atom is 0.313 e. The molecule has 2 bridgehead atoms. The van der Waals surface area contributed by atoms with Crippen molar-refractivity contribution in [2.75, 3.05) is 38.3 Å². The monoisotopic (exact) mass is 799 g/mol. The van der Waals surface area contributed by atoms with Crippen LogP contribution in [0.5, 0.6) is 0 Å². The number of esters is 1. The number of fused-ring (bicyclic) bond motifs is 1. The number of allylic oxidation sites excluding steroid dienone is 1. The first kappa shape index (κ1) is 39.7. The zero-order valence-corrected chi connectivity index (χ0v) is 31.7. The van der Waals surface area contributed by atoms with Gasteiger partial charge in [0.05, 0.1) is 30.6 Å². The summed E-state index contributed by atoms with van der Waals surface area (Å²) in [7, 11) is 1.50. The molecule has 2 aromatic rings. The molecule has 3 aliphatic rings. The molecular weight excluding hydrogens is 754 g/mol. The summed E-state index contributed by atoms with van der Waals surface area (Å²) < 4.78 is 18.5. The lowest BCUT2D eigenvalue weighted by Gasteiger charge is -2.37. The van der Waals surface area contributed by atoms with Crippen molar-refractivity contribution in [3.05, 3.63) is 90.5 Å². The van der Waals surface area contributed by atoms with E-state index in [1.54, 1.807) is 58.4 Å². The molecule has 3 fully saturated rings.